The maximum Gasteiger partial charge on any atom is 0.277 e. The molecule has 0 bridgehead atoms. The van der Waals surface area contributed by atoms with Crippen molar-refractivity contribution < 1.29 is 19.1 Å². The molecule has 2 unspecified atom stereocenters. The summed E-state index contributed by atoms with van der Waals surface area (Å²) in [5, 5.41) is 0. The number of imide groups is 1. The van der Waals surface area contributed by atoms with Crippen LogP contribution in [0.15, 0.2) is 30.0 Å². The van der Waals surface area contributed by atoms with E-state index in [4.69, 9.17) is 9.47 Å². The predicted molar refractivity (Wildman–Crippen MR) is 89.3 cm³/mol. The number of hydrogen-bond donors (Lipinski definition) is 0. The molecular weight excluding hydrogens is 308 g/mol. The van der Waals surface area contributed by atoms with E-state index in [0.29, 0.717) is 35.7 Å². The maximum atomic E-state index is 12.7. The molecule has 0 aromatic heterocycles. The van der Waals surface area contributed by atoms with Crippen LogP contribution in [0.5, 0.6) is 5.75 Å². The summed E-state index contributed by atoms with van der Waals surface area (Å²) in [5.74, 6) is 0.00399. The molecule has 3 rings (SSSR count). The van der Waals surface area contributed by atoms with Crippen LogP contribution >= 0.6 is 0 Å². The Balaban J connectivity index is 2.14. The summed E-state index contributed by atoms with van der Waals surface area (Å²) in [7, 11) is 3.07. The third-order valence-corrected chi connectivity index (χ3v) is 4.37. The molecule has 1 aromatic carbocycles. The number of benzene rings is 1. The van der Waals surface area contributed by atoms with E-state index in [1.807, 2.05) is 36.9 Å². The molecule has 1 fully saturated rings. The minimum atomic E-state index is -0.300. The van der Waals surface area contributed by atoms with Crippen LogP contribution in [-0.4, -0.2) is 61.1 Å². The summed E-state index contributed by atoms with van der Waals surface area (Å²) in [6, 6.07) is 7.28. The Morgan fingerprint density at radius 2 is 1.71 bits per heavy atom. The van der Waals surface area contributed by atoms with E-state index in [0.717, 1.165) is 0 Å². The largest absolute Gasteiger partial charge is 0.496 e. The van der Waals surface area contributed by atoms with Gasteiger partial charge in [-0.15, -0.1) is 0 Å². The lowest BCUT2D eigenvalue weighted by atomic mass is 10.0. The molecule has 2 atom stereocenters. The first-order chi connectivity index (χ1) is 11.4. The van der Waals surface area contributed by atoms with Gasteiger partial charge >= 0.3 is 0 Å². The molecule has 1 aromatic rings. The fourth-order valence-electron chi connectivity index (χ4n) is 3.37. The first kappa shape index (κ1) is 16.5. The van der Waals surface area contributed by atoms with Gasteiger partial charge in [0.05, 0.1) is 24.9 Å². The van der Waals surface area contributed by atoms with Crippen molar-refractivity contribution in [2.24, 2.45) is 0 Å². The number of methoxy groups -OCH3 is 1. The van der Waals surface area contributed by atoms with E-state index >= 15 is 0 Å². The number of para-hydroxylation sites is 1. The maximum absolute atomic E-state index is 12.7. The molecule has 0 aliphatic carbocycles. The number of carbonyl (C=O) groups is 2. The standard InChI is InChI=1S/C18H22N2O4/c1-11-9-20(10-12(2)24-11)16-15(17(21)19(3)18(16)22)13-7-5-6-8-14(13)23-4/h5-8,11-12H,9-10H2,1-4H3. The summed E-state index contributed by atoms with van der Waals surface area (Å²) < 4.78 is 11.1. The molecule has 2 heterocycles. The van der Waals surface area contributed by atoms with Gasteiger partial charge in [0.15, 0.2) is 0 Å². The fourth-order valence-corrected chi connectivity index (χ4v) is 3.37. The van der Waals surface area contributed by atoms with Crippen molar-refractivity contribution in [1.29, 1.82) is 0 Å². The molecule has 2 amide bonds. The van der Waals surface area contributed by atoms with Crippen molar-refractivity contribution in [1.82, 2.24) is 9.80 Å². The summed E-state index contributed by atoms with van der Waals surface area (Å²) in [6.45, 7) is 5.09. The lowest BCUT2D eigenvalue weighted by molar-refractivity contribution is -0.136. The molecule has 128 valence electrons. The van der Waals surface area contributed by atoms with E-state index in [2.05, 4.69) is 0 Å². The Kier molecular flexibility index (Phi) is 4.32. The first-order valence-corrected chi connectivity index (χ1v) is 8.04. The van der Waals surface area contributed by atoms with Gasteiger partial charge in [0.1, 0.15) is 11.4 Å². The molecular formula is C18H22N2O4. The third kappa shape index (κ3) is 2.67. The average Bonchev–Trinajstić information content (AvgIpc) is 2.78. The Hall–Kier alpha value is -2.34. The monoisotopic (exact) mass is 330 g/mol. The number of amides is 2. The molecule has 0 radical (unpaired) electrons. The van der Waals surface area contributed by atoms with Crippen LogP contribution in [0.4, 0.5) is 0 Å². The second kappa shape index (κ2) is 6.28. The molecule has 6 heteroatoms. The van der Waals surface area contributed by atoms with Gasteiger partial charge in [-0.2, -0.15) is 0 Å². The number of morpholine rings is 1. The van der Waals surface area contributed by atoms with Crippen molar-refractivity contribution in [2.75, 3.05) is 27.2 Å². The number of nitrogens with zero attached hydrogens (tertiary/aromatic N) is 2. The number of ether oxygens (including phenoxy) is 2. The van der Waals surface area contributed by atoms with Crippen LogP contribution in [-0.2, 0) is 14.3 Å². The number of likely N-dealkylation sites (N-methyl/N-ethyl adjacent to an activating group) is 1. The van der Waals surface area contributed by atoms with E-state index in [1.165, 1.54) is 11.9 Å². The summed E-state index contributed by atoms with van der Waals surface area (Å²) in [6.07, 6.45) is -0.0112. The van der Waals surface area contributed by atoms with Gasteiger partial charge in [-0.3, -0.25) is 14.5 Å². The van der Waals surface area contributed by atoms with Crippen LogP contribution in [0.25, 0.3) is 5.57 Å². The number of hydrogen-bond acceptors (Lipinski definition) is 5. The zero-order chi connectivity index (χ0) is 17.4. The summed E-state index contributed by atoms with van der Waals surface area (Å²) in [5.41, 5.74) is 1.49. The topological polar surface area (TPSA) is 59.1 Å². The van der Waals surface area contributed by atoms with Gasteiger partial charge in [0.2, 0.25) is 0 Å². The molecule has 1 saturated heterocycles. The second-order valence-corrected chi connectivity index (χ2v) is 6.26. The highest BCUT2D eigenvalue weighted by atomic mass is 16.5. The minimum Gasteiger partial charge on any atom is -0.496 e. The van der Waals surface area contributed by atoms with Crippen molar-refractivity contribution in [3.8, 4) is 5.75 Å². The second-order valence-electron chi connectivity index (χ2n) is 6.26. The van der Waals surface area contributed by atoms with Gasteiger partial charge < -0.3 is 14.4 Å². The van der Waals surface area contributed by atoms with Gasteiger partial charge in [0, 0.05) is 25.7 Å². The third-order valence-electron chi connectivity index (χ3n) is 4.37. The normalized spacial score (nSPS) is 24.8. The van der Waals surface area contributed by atoms with Crippen LogP contribution < -0.4 is 4.74 Å². The van der Waals surface area contributed by atoms with Crippen molar-refractivity contribution in [2.45, 2.75) is 26.1 Å². The fraction of sp³-hybridized carbons (Fsp3) is 0.444. The van der Waals surface area contributed by atoms with Crippen LogP contribution in [0.3, 0.4) is 0 Å². The zero-order valence-corrected chi connectivity index (χ0v) is 14.4. The highest BCUT2D eigenvalue weighted by Gasteiger charge is 2.42. The van der Waals surface area contributed by atoms with Crippen molar-refractivity contribution in [3.05, 3.63) is 35.5 Å². The molecule has 0 spiro atoms. The van der Waals surface area contributed by atoms with Crippen LogP contribution in [0, 0.1) is 0 Å². The minimum absolute atomic E-state index is 0.00558. The SMILES string of the molecule is COc1ccccc1C1=C(N2CC(C)OC(C)C2)C(=O)N(C)C1=O. The molecule has 2 aliphatic heterocycles. The Morgan fingerprint density at radius 3 is 2.33 bits per heavy atom. The zero-order valence-electron chi connectivity index (χ0n) is 14.4. The van der Waals surface area contributed by atoms with E-state index < -0.39 is 0 Å². The first-order valence-electron chi connectivity index (χ1n) is 8.04. The molecule has 24 heavy (non-hydrogen) atoms. The lowest BCUT2D eigenvalue weighted by Crippen LogP contribution is -2.46. The Bertz CT molecular complexity index is 703. The van der Waals surface area contributed by atoms with Gasteiger partial charge in [-0.25, -0.2) is 0 Å². The smallest absolute Gasteiger partial charge is 0.277 e. The van der Waals surface area contributed by atoms with Crippen molar-refractivity contribution in [3.63, 3.8) is 0 Å². The highest BCUT2D eigenvalue weighted by Crippen LogP contribution is 2.36. The van der Waals surface area contributed by atoms with Crippen LogP contribution in [0.1, 0.15) is 19.4 Å². The average molecular weight is 330 g/mol. The quantitative estimate of drug-likeness (QED) is 0.787. The van der Waals surface area contributed by atoms with E-state index in [-0.39, 0.29) is 24.0 Å². The van der Waals surface area contributed by atoms with E-state index in [1.54, 1.807) is 13.2 Å². The molecule has 2 aliphatic rings. The van der Waals surface area contributed by atoms with Gasteiger partial charge in [-0.1, -0.05) is 18.2 Å². The van der Waals surface area contributed by atoms with Crippen molar-refractivity contribution >= 4 is 17.4 Å². The van der Waals surface area contributed by atoms with E-state index in [9.17, 15) is 9.59 Å². The number of rotatable bonds is 3. The van der Waals surface area contributed by atoms with Crippen LogP contribution in [0.2, 0.25) is 0 Å². The van der Waals surface area contributed by atoms with Gasteiger partial charge in [0.25, 0.3) is 11.8 Å². The molecule has 6 nitrogen and oxygen atoms in total. The molecule has 0 saturated carbocycles. The summed E-state index contributed by atoms with van der Waals surface area (Å²) in [4.78, 5) is 28.6. The predicted octanol–water partition coefficient (Wildman–Crippen LogP) is 1.51. The Labute approximate surface area is 141 Å². The lowest BCUT2D eigenvalue weighted by Gasteiger charge is -2.37. The highest BCUT2D eigenvalue weighted by molar-refractivity contribution is 6.35. The number of carbonyl (C=O) groups excluding carboxylic acids is 2. The Morgan fingerprint density at radius 1 is 1.08 bits per heavy atom. The summed E-state index contributed by atoms with van der Waals surface area (Å²) >= 11 is 0. The molecule has 0 N–H and O–H groups in total. The van der Waals surface area contributed by atoms with Gasteiger partial charge in [-0.05, 0) is 19.9 Å².